The third-order valence-electron chi connectivity index (χ3n) is 5.95. The van der Waals surface area contributed by atoms with Gasteiger partial charge in [0.15, 0.2) is 0 Å². The van der Waals surface area contributed by atoms with E-state index < -0.39 is 6.04 Å². The number of nitrogens with zero attached hydrogens (tertiary/aromatic N) is 3. The van der Waals surface area contributed by atoms with Crippen molar-refractivity contribution in [2.24, 2.45) is 0 Å². The van der Waals surface area contributed by atoms with Crippen molar-refractivity contribution < 1.29 is 14.3 Å². The highest BCUT2D eigenvalue weighted by Crippen LogP contribution is 2.27. The van der Waals surface area contributed by atoms with Crippen molar-refractivity contribution in [2.75, 3.05) is 26.7 Å². The van der Waals surface area contributed by atoms with Crippen LogP contribution in [0.25, 0.3) is 11.1 Å². The first-order valence-electron chi connectivity index (χ1n) is 10.8. The van der Waals surface area contributed by atoms with Crippen LogP contribution < -0.4 is 4.74 Å². The van der Waals surface area contributed by atoms with Crippen LogP contribution in [0.1, 0.15) is 22.8 Å². The Morgan fingerprint density at radius 3 is 2.69 bits per heavy atom. The summed E-state index contributed by atoms with van der Waals surface area (Å²) in [5.74, 6) is 0.445. The predicted molar refractivity (Wildman–Crippen MR) is 123 cm³/mol. The zero-order chi connectivity index (χ0) is 22.5. The van der Waals surface area contributed by atoms with Gasteiger partial charge in [-0.15, -0.1) is 0 Å². The van der Waals surface area contributed by atoms with E-state index in [1.165, 1.54) is 0 Å². The van der Waals surface area contributed by atoms with Gasteiger partial charge in [-0.3, -0.25) is 14.6 Å². The zero-order valence-corrected chi connectivity index (χ0v) is 18.4. The Morgan fingerprint density at radius 1 is 1.09 bits per heavy atom. The van der Waals surface area contributed by atoms with Gasteiger partial charge in [0.2, 0.25) is 5.91 Å². The number of amides is 2. The second-order valence-corrected chi connectivity index (χ2v) is 7.77. The first-order chi connectivity index (χ1) is 15.6. The number of carbonyl (C=O) groups excluding carboxylic acids is 2. The van der Waals surface area contributed by atoms with Gasteiger partial charge < -0.3 is 14.5 Å². The monoisotopic (exact) mass is 429 g/mol. The maximum atomic E-state index is 13.5. The maximum Gasteiger partial charge on any atom is 0.254 e. The Hall–Kier alpha value is -3.67. The number of likely N-dealkylation sites (N-methyl/N-ethyl adjacent to an activating group) is 1. The fourth-order valence-corrected chi connectivity index (χ4v) is 4.23. The molecule has 1 fully saturated rings. The molecule has 6 nitrogen and oxygen atoms in total. The molecule has 2 amide bonds. The van der Waals surface area contributed by atoms with Crippen molar-refractivity contribution in [3.8, 4) is 16.9 Å². The van der Waals surface area contributed by atoms with E-state index in [0.29, 0.717) is 37.4 Å². The number of methoxy groups -OCH3 is 1. The molecule has 2 aromatic carbocycles. The smallest absolute Gasteiger partial charge is 0.254 e. The topological polar surface area (TPSA) is 62.7 Å². The summed E-state index contributed by atoms with van der Waals surface area (Å²) in [5, 5.41) is 0. The highest BCUT2D eigenvalue weighted by atomic mass is 16.5. The lowest BCUT2D eigenvalue weighted by atomic mass is 9.93. The molecule has 1 saturated heterocycles. The minimum atomic E-state index is -0.569. The van der Waals surface area contributed by atoms with Crippen molar-refractivity contribution in [1.29, 1.82) is 0 Å². The van der Waals surface area contributed by atoms with E-state index in [1.54, 1.807) is 42.5 Å². The van der Waals surface area contributed by atoms with Crippen molar-refractivity contribution in [1.82, 2.24) is 14.8 Å². The van der Waals surface area contributed by atoms with Crippen LogP contribution in [0, 0.1) is 0 Å². The highest BCUT2D eigenvalue weighted by molar-refractivity contribution is 5.98. The molecule has 0 N–H and O–H groups in total. The molecule has 32 heavy (non-hydrogen) atoms. The van der Waals surface area contributed by atoms with E-state index in [0.717, 1.165) is 16.7 Å². The van der Waals surface area contributed by atoms with E-state index in [4.69, 9.17) is 4.74 Å². The molecule has 2 heterocycles. The normalized spacial score (nSPS) is 16.2. The Balaban J connectivity index is 1.69. The van der Waals surface area contributed by atoms with Crippen molar-refractivity contribution in [3.63, 3.8) is 0 Å². The van der Waals surface area contributed by atoms with Crippen LogP contribution in [0.4, 0.5) is 0 Å². The summed E-state index contributed by atoms with van der Waals surface area (Å²) >= 11 is 0. The third kappa shape index (κ3) is 4.35. The van der Waals surface area contributed by atoms with Crippen LogP contribution in [0.2, 0.25) is 0 Å². The first kappa shape index (κ1) is 21.6. The number of aromatic nitrogens is 1. The number of benzene rings is 2. The fraction of sp³-hybridized carbons (Fsp3) is 0.269. The second-order valence-electron chi connectivity index (χ2n) is 7.77. The summed E-state index contributed by atoms with van der Waals surface area (Å²) in [6.45, 7) is 3.63. The summed E-state index contributed by atoms with van der Waals surface area (Å²) in [5.41, 5.74) is 3.55. The van der Waals surface area contributed by atoms with Crippen LogP contribution in [-0.2, 0) is 11.2 Å². The van der Waals surface area contributed by atoms with Gasteiger partial charge in [0, 0.05) is 49.6 Å². The number of hydrogen-bond acceptors (Lipinski definition) is 4. The van der Waals surface area contributed by atoms with Gasteiger partial charge in [0.05, 0.1) is 7.11 Å². The van der Waals surface area contributed by atoms with Crippen molar-refractivity contribution in [3.05, 3.63) is 84.2 Å². The Labute approximate surface area is 188 Å². The molecule has 1 aliphatic rings. The van der Waals surface area contributed by atoms with Gasteiger partial charge in [0.25, 0.3) is 5.91 Å². The zero-order valence-electron chi connectivity index (χ0n) is 18.4. The maximum absolute atomic E-state index is 13.5. The van der Waals surface area contributed by atoms with E-state index in [9.17, 15) is 9.59 Å². The molecule has 164 valence electrons. The third-order valence-corrected chi connectivity index (χ3v) is 5.95. The molecule has 0 radical (unpaired) electrons. The molecule has 0 saturated carbocycles. The Kier molecular flexibility index (Phi) is 6.50. The molecule has 1 aliphatic heterocycles. The van der Waals surface area contributed by atoms with Gasteiger partial charge >= 0.3 is 0 Å². The fourth-order valence-electron chi connectivity index (χ4n) is 4.23. The summed E-state index contributed by atoms with van der Waals surface area (Å²) in [6, 6.07) is 18.4. The van der Waals surface area contributed by atoms with Crippen molar-refractivity contribution in [2.45, 2.75) is 19.4 Å². The highest BCUT2D eigenvalue weighted by Gasteiger charge is 2.37. The van der Waals surface area contributed by atoms with Gasteiger partial charge in [-0.05, 0) is 42.3 Å². The minimum absolute atomic E-state index is 0.0176. The second kappa shape index (κ2) is 9.64. The molecular formula is C26H27N3O3. The first-order valence-corrected chi connectivity index (χ1v) is 10.8. The molecule has 4 rings (SSSR count). The molecular weight excluding hydrogens is 402 g/mol. The van der Waals surface area contributed by atoms with E-state index in [1.807, 2.05) is 54.4 Å². The summed E-state index contributed by atoms with van der Waals surface area (Å²) in [7, 11) is 1.57. The van der Waals surface area contributed by atoms with Crippen LogP contribution in [0.3, 0.4) is 0 Å². The van der Waals surface area contributed by atoms with Gasteiger partial charge in [-0.25, -0.2) is 0 Å². The number of hydrogen-bond donors (Lipinski definition) is 0. The summed E-state index contributed by atoms with van der Waals surface area (Å²) in [4.78, 5) is 34.6. The molecule has 0 bridgehead atoms. The van der Waals surface area contributed by atoms with Crippen LogP contribution in [-0.4, -0.2) is 59.4 Å². The molecule has 1 aromatic heterocycles. The Bertz CT molecular complexity index is 1100. The summed E-state index contributed by atoms with van der Waals surface area (Å²) < 4.78 is 5.28. The average molecular weight is 430 g/mol. The average Bonchev–Trinajstić information content (AvgIpc) is 2.85. The lowest BCUT2D eigenvalue weighted by Crippen LogP contribution is -2.59. The lowest BCUT2D eigenvalue weighted by Gasteiger charge is -2.40. The number of ether oxygens (including phenoxy) is 1. The van der Waals surface area contributed by atoms with Gasteiger partial charge in [-0.2, -0.15) is 0 Å². The van der Waals surface area contributed by atoms with Crippen molar-refractivity contribution >= 4 is 11.8 Å². The number of carbonyl (C=O) groups is 2. The van der Waals surface area contributed by atoms with Crippen LogP contribution in [0.5, 0.6) is 5.75 Å². The standard InChI is InChI=1S/C26H27N3O3/c1-3-28-14-15-29(25(30)20-9-6-11-22(16-20)32-2)24(26(28)31)17-19-8-4-5-12-23(19)21-10-7-13-27-18-21/h4-13,16,18,24H,3,14-15,17H2,1-2H3. The minimum Gasteiger partial charge on any atom is -0.497 e. The molecule has 1 atom stereocenters. The quantitative estimate of drug-likeness (QED) is 0.600. The molecule has 3 aromatic rings. The predicted octanol–water partition coefficient (Wildman–Crippen LogP) is 3.67. The molecule has 6 heteroatoms. The van der Waals surface area contributed by atoms with E-state index in [2.05, 4.69) is 4.98 Å². The van der Waals surface area contributed by atoms with Gasteiger partial charge in [0.1, 0.15) is 11.8 Å². The van der Waals surface area contributed by atoms with Crippen LogP contribution >= 0.6 is 0 Å². The molecule has 0 spiro atoms. The van der Waals surface area contributed by atoms with E-state index >= 15 is 0 Å². The summed E-state index contributed by atoms with van der Waals surface area (Å²) in [6.07, 6.45) is 4.00. The number of rotatable bonds is 6. The Morgan fingerprint density at radius 2 is 1.94 bits per heavy atom. The van der Waals surface area contributed by atoms with E-state index in [-0.39, 0.29) is 11.8 Å². The SMILES string of the molecule is CCN1CCN(C(=O)c2cccc(OC)c2)C(Cc2ccccc2-c2cccnc2)C1=O. The number of pyridine rings is 1. The van der Waals surface area contributed by atoms with Gasteiger partial charge in [-0.1, -0.05) is 36.4 Å². The lowest BCUT2D eigenvalue weighted by molar-refractivity contribution is -0.139. The number of piperazine rings is 1. The van der Waals surface area contributed by atoms with Crippen LogP contribution in [0.15, 0.2) is 73.1 Å². The molecule has 1 unspecified atom stereocenters. The largest absolute Gasteiger partial charge is 0.497 e. The molecule has 0 aliphatic carbocycles.